The number of H-pyrrole nitrogens is 1. The monoisotopic (exact) mass is 308 g/mol. The summed E-state index contributed by atoms with van der Waals surface area (Å²) in [6.07, 6.45) is 4.76. The fraction of sp³-hybridized carbons (Fsp3) is 0.353. The molecule has 6 nitrogen and oxygen atoms in total. The summed E-state index contributed by atoms with van der Waals surface area (Å²) in [6.45, 7) is 4.18. The van der Waals surface area contributed by atoms with Crippen LogP contribution in [0.15, 0.2) is 36.7 Å². The number of benzene rings is 1. The Labute approximate surface area is 135 Å². The first-order chi connectivity index (χ1) is 11.3. The van der Waals surface area contributed by atoms with Gasteiger partial charge in [0.2, 0.25) is 0 Å². The zero-order valence-corrected chi connectivity index (χ0v) is 13.2. The molecule has 0 atom stereocenters. The summed E-state index contributed by atoms with van der Waals surface area (Å²) in [6, 6.07) is 8.01. The number of hydrogen-bond donors (Lipinski definition) is 1. The van der Waals surface area contributed by atoms with Gasteiger partial charge in [-0.2, -0.15) is 0 Å². The van der Waals surface area contributed by atoms with E-state index in [9.17, 15) is 0 Å². The molecule has 2 aromatic heterocycles. The van der Waals surface area contributed by atoms with Crippen molar-refractivity contribution in [2.45, 2.75) is 6.42 Å². The van der Waals surface area contributed by atoms with Gasteiger partial charge in [0.05, 0.1) is 23.4 Å². The summed E-state index contributed by atoms with van der Waals surface area (Å²) in [4.78, 5) is 21.8. The molecule has 3 heterocycles. The lowest BCUT2D eigenvalue weighted by Gasteiger charge is -2.21. The number of rotatable bonds is 2. The fourth-order valence-electron chi connectivity index (χ4n) is 2.97. The third kappa shape index (κ3) is 2.90. The van der Waals surface area contributed by atoms with Crippen LogP contribution < -0.4 is 4.90 Å². The highest BCUT2D eigenvalue weighted by Gasteiger charge is 2.15. The summed E-state index contributed by atoms with van der Waals surface area (Å²) in [7, 11) is 2.17. The van der Waals surface area contributed by atoms with Gasteiger partial charge in [0.25, 0.3) is 0 Å². The van der Waals surface area contributed by atoms with E-state index in [0.717, 1.165) is 61.0 Å². The topological polar surface area (TPSA) is 60.9 Å². The van der Waals surface area contributed by atoms with Crippen molar-refractivity contribution < 1.29 is 0 Å². The minimum absolute atomic E-state index is 0.771. The van der Waals surface area contributed by atoms with Gasteiger partial charge in [-0.1, -0.05) is 12.1 Å². The lowest BCUT2D eigenvalue weighted by Crippen LogP contribution is -2.29. The first-order valence-corrected chi connectivity index (χ1v) is 8.00. The number of nitrogens with zero attached hydrogens (tertiary/aromatic N) is 5. The Bertz CT molecular complexity index is 778. The molecule has 0 saturated carbocycles. The van der Waals surface area contributed by atoms with Crippen molar-refractivity contribution in [1.29, 1.82) is 0 Å². The third-order valence-corrected chi connectivity index (χ3v) is 4.30. The van der Waals surface area contributed by atoms with E-state index in [-0.39, 0.29) is 0 Å². The third-order valence-electron chi connectivity index (χ3n) is 4.30. The molecule has 1 N–H and O–H groups in total. The number of para-hydroxylation sites is 2. The highest BCUT2D eigenvalue weighted by molar-refractivity contribution is 5.78. The van der Waals surface area contributed by atoms with Crippen molar-refractivity contribution in [2.75, 3.05) is 38.1 Å². The Kier molecular flexibility index (Phi) is 3.67. The summed E-state index contributed by atoms with van der Waals surface area (Å²) < 4.78 is 0. The molecule has 1 aliphatic heterocycles. The summed E-state index contributed by atoms with van der Waals surface area (Å²) in [5, 5.41) is 0. The molecule has 6 heteroatoms. The largest absolute Gasteiger partial charge is 0.354 e. The summed E-state index contributed by atoms with van der Waals surface area (Å²) >= 11 is 0. The molecule has 1 aromatic carbocycles. The van der Waals surface area contributed by atoms with Gasteiger partial charge in [0.1, 0.15) is 11.5 Å². The first-order valence-electron chi connectivity index (χ1n) is 8.00. The minimum Gasteiger partial charge on any atom is -0.354 e. The van der Waals surface area contributed by atoms with Crippen LogP contribution in [0.2, 0.25) is 0 Å². The number of hydrogen-bond acceptors (Lipinski definition) is 5. The van der Waals surface area contributed by atoms with E-state index in [1.807, 2.05) is 30.5 Å². The number of aromatic amines is 1. The molecule has 1 aliphatic rings. The zero-order chi connectivity index (χ0) is 15.6. The molecule has 23 heavy (non-hydrogen) atoms. The average Bonchev–Trinajstić information content (AvgIpc) is 2.90. The second kappa shape index (κ2) is 5.96. The minimum atomic E-state index is 0.771. The normalized spacial score (nSPS) is 16.7. The number of fused-ring (bicyclic) bond motifs is 1. The number of nitrogens with one attached hydrogen (secondary N) is 1. The SMILES string of the molecule is CN1CCCN(c2cncc(-c3nc4ccccc4[nH]3)n2)CC1. The molecule has 1 fully saturated rings. The molecular formula is C17H20N6. The Morgan fingerprint density at radius 2 is 1.91 bits per heavy atom. The predicted molar refractivity (Wildman–Crippen MR) is 91.4 cm³/mol. The summed E-state index contributed by atoms with van der Waals surface area (Å²) in [5.41, 5.74) is 2.76. The fourth-order valence-corrected chi connectivity index (χ4v) is 2.97. The number of likely N-dealkylation sites (N-methyl/N-ethyl adjacent to an activating group) is 1. The van der Waals surface area contributed by atoms with Gasteiger partial charge >= 0.3 is 0 Å². The predicted octanol–water partition coefficient (Wildman–Crippen LogP) is 2.16. The lowest BCUT2D eigenvalue weighted by atomic mass is 10.3. The van der Waals surface area contributed by atoms with Crippen molar-refractivity contribution in [3.05, 3.63) is 36.7 Å². The van der Waals surface area contributed by atoms with Crippen LogP contribution >= 0.6 is 0 Å². The Morgan fingerprint density at radius 1 is 1.00 bits per heavy atom. The quantitative estimate of drug-likeness (QED) is 0.786. The van der Waals surface area contributed by atoms with Crippen molar-refractivity contribution >= 4 is 16.9 Å². The molecule has 0 aliphatic carbocycles. The van der Waals surface area contributed by atoms with E-state index in [2.05, 4.69) is 31.8 Å². The van der Waals surface area contributed by atoms with Crippen molar-refractivity contribution in [3.63, 3.8) is 0 Å². The van der Waals surface area contributed by atoms with Gasteiger partial charge < -0.3 is 14.8 Å². The van der Waals surface area contributed by atoms with Crippen LogP contribution in [0, 0.1) is 0 Å². The van der Waals surface area contributed by atoms with Crippen LogP contribution in [0.1, 0.15) is 6.42 Å². The highest BCUT2D eigenvalue weighted by Crippen LogP contribution is 2.21. The van der Waals surface area contributed by atoms with Crippen LogP contribution in [-0.2, 0) is 0 Å². The maximum Gasteiger partial charge on any atom is 0.158 e. The van der Waals surface area contributed by atoms with E-state index in [1.54, 1.807) is 6.20 Å². The molecule has 4 rings (SSSR count). The molecule has 118 valence electrons. The second-order valence-corrected chi connectivity index (χ2v) is 6.01. The molecule has 1 saturated heterocycles. The van der Waals surface area contributed by atoms with E-state index >= 15 is 0 Å². The first kappa shape index (κ1) is 14.1. The Hall–Kier alpha value is -2.47. The number of imidazole rings is 1. The highest BCUT2D eigenvalue weighted by atomic mass is 15.2. The van der Waals surface area contributed by atoms with Crippen LogP contribution in [0.25, 0.3) is 22.6 Å². The second-order valence-electron chi connectivity index (χ2n) is 6.01. The maximum absolute atomic E-state index is 4.78. The number of anilines is 1. The molecule has 0 spiro atoms. The molecule has 0 amide bonds. The van der Waals surface area contributed by atoms with Crippen molar-refractivity contribution in [1.82, 2.24) is 24.8 Å². The molecule has 3 aromatic rings. The van der Waals surface area contributed by atoms with Gasteiger partial charge in [0, 0.05) is 19.6 Å². The van der Waals surface area contributed by atoms with Crippen molar-refractivity contribution in [2.24, 2.45) is 0 Å². The Balaban J connectivity index is 1.65. The van der Waals surface area contributed by atoms with Crippen LogP contribution in [0.4, 0.5) is 5.82 Å². The zero-order valence-electron chi connectivity index (χ0n) is 13.2. The maximum atomic E-state index is 4.78. The average molecular weight is 308 g/mol. The van der Waals surface area contributed by atoms with Gasteiger partial charge in [-0.15, -0.1) is 0 Å². The summed E-state index contributed by atoms with van der Waals surface area (Å²) in [5.74, 6) is 1.70. The molecule has 0 radical (unpaired) electrons. The molecule has 0 unspecified atom stereocenters. The van der Waals surface area contributed by atoms with E-state index < -0.39 is 0 Å². The molecular weight excluding hydrogens is 288 g/mol. The van der Waals surface area contributed by atoms with Crippen LogP contribution in [-0.4, -0.2) is 58.1 Å². The van der Waals surface area contributed by atoms with E-state index in [4.69, 9.17) is 4.98 Å². The standard InChI is InChI=1S/C17H20N6/c1-22-7-4-8-23(10-9-22)16-12-18-11-15(19-16)17-20-13-5-2-3-6-14(13)21-17/h2-3,5-6,11-12H,4,7-10H2,1H3,(H,20,21). The van der Waals surface area contributed by atoms with Crippen LogP contribution in [0.3, 0.4) is 0 Å². The van der Waals surface area contributed by atoms with E-state index in [0.29, 0.717) is 0 Å². The smallest absolute Gasteiger partial charge is 0.158 e. The van der Waals surface area contributed by atoms with Gasteiger partial charge in [-0.05, 0) is 32.1 Å². The number of aromatic nitrogens is 4. The lowest BCUT2D eigenvalue weighted by molar-refractivity contribution is 0.360. The molecule has 0 bridgehead atoms. The van der Waals surface area contributed by atoms with Crippen LogP contribution in [0.5, 0.6) is 0 Å². The van der Waals surface area contributed by atoms with Crippen molar-refractivity contribution in [3.8, 4) is 11.5 Å². The van der Waals surface area contributed by atoms with Gasteiger partial charge in [-0.25, -0.2) is 9.97 Å². The Morgan fingerprint density at radius 3 is 2.83 bits per heavy atom. The van der Waals surface area contributed by atoms with Gasteiger partial charge in [0.15, 0.2) is 5.82 Å². The van der Waals surface area contributed by atoms with E-state index in [1.165, 1.54) is 0 Å². The van der Waals surface area contributed by atoms with Gasteiger partial charge in [-0.3, -0.25) is 4.98 Å².